The monoisotopic (exact) mass is 336 g/mol. The Kier molecular flexibility index (Phi) is 4.55. The van der Waals surface area contributed by atoms with Crippen LogP contribution in [0.1, 0.15) is 35.7 Å². The highest BCUT2D eigenvalue weighted by Gasteiger charge is 2.12. The van der Waals surface area contributed by atoms with Gasteiger partial charge in [-0.05, 0) is 63.8 Å². The number of hydrogen-bond donors (Lipinski definition) is 0. The van der Waals surface area contributed by atoms with E-state index in [1.807, 2.05) is 12.1 Å². The van der Waals surface area contributed by atoms with Gasteiger partial charge in [0.1, 0.15) is 11.6 Å². The molecule has 0 N–H and O–H groups in total. The lowest BCUT2D eigenvalue weighted by molar-refractivity contribution is 0.0733. The molecule has 0 aromatic heterocycles. The highest BCUT2D eigenvalue weighted by Crippen LogP contribution is 2.29. The number of hydrogen-bond acceptors (Lipinski definition) is 2. The average Bonchev–Trinajstić information content (AvgIpc) is 2.41. The zero-order chi connectivity index (χ0) is 14.7. The Labute approximate surface area is 125 Å². The van der Waals surface area contributed by atoms with E-state index in [0.717, 1.165) is 10.0 Å². The molecule has 20 heavy (non-hydrogen) atoms. The van der Waals surface area contributed by atoms with Gasteiger partial charge in [-0.25, -0.2) is 9.18 Å². The highest BCUT2D eigenvalue weighted by molar-refractivity contribution is 9.10. The van der Waals surface area contributed by atoms with Crippen LogP contribution in [-0.4, -0.2) is 5.97 Å². The average molecular weight is 337 g/mol. The third-order valence-corrected chi connectivity index (χ3v) is 3.52. The quantitative estimate of drug-likeness (QED) is 0.586. The van der Waals surface area contributed by atoms with Crippen LogP contribution in [0, 0.1) is 5.82 Å². The number of benzene rings is 2. The van der Waals surface area contributed by atoms with Crippen molar-refractivity contribution in [3.05, 3.63) is 63.9 Å². The fourth-order valence-electron chi connectivity index (χ4n) is 1.70. The van der Waals surface area contributed by atoms with Gasteiger partial charge in [0.15, 0.2) is 0 Å². The Hall–Kier alpha value is -1.68. The van der Waals surface area contributed by atoms with Crippen molar-refractivity contribution < 1.29 is 13.9 Å². The van der Waals surface area contributed by atoms with Gasteiger partial charge >= 0.3 is 5.97 Å². The van der Waals surface area contributed by atoms with Gasteiger partial charge in [-0.1, -0.05) is 19.9 Å². The molecule has 0 heterocycles. The molecule has 0 bridgehead atoms. The van der Waals surface area contributed by atoms with E-state index in [1.165, 1.54) is 24.3 Å². The summed E-state index contributed by atoms with van der Waals surface area (Å²) in [6.07, 6.45) is 0. The molecule has 104 valence electrons. The summed E-state index contributed by atoms with van der Waals surface area (Å²) in [7, 11) is 0. The van der Waals surface area contributed by atoms with Crippen molar-refractivity contribution in [3.63, 3.8) is 0 Å². The minimum atomic E-state index is -0.511. The van der Waals surface area contributed by atoms with Gasteiger partial charge < -0.3 is 4.74 Å². The van der Waals surface area contributed by atoms with Crippen LogP contribution in [0.5, 0.6) is 5.75 Å². The molecule has 0 radical (unpaired) electrons. The Morgan fingerprint density at radius 1 is 1.15 bits per heavy atom. The zero-order valence-corrected chi connectivity index (χ0v) is 12.8. The van der Waals surface area contributed by atoms with Gasteiger partial charge in [-0.2, -0.15) is 0 Å². The first kappa shape index (κ1) is 14.7. The van der Waals surface area contributed by atoms with Gasteiger partial charge in [-0.3, -0.25) is 0 Å². The van der Waals surface area contributed by atoms with Crippen LogP contribution in [0.15, 0.2) is 46.9 Å². The third kappa shape index (κ3) is 3.45. The lowest BCUT2D eigenvalue weighted by Gasteiger charge is -2.10. The molecular formula is C16H14BrFO2. The molecule has 0 aliphatic rings. The van der Waals surface area contributed by atoms with E-state index in [2.05, 4.69) is 29.8 Å². The van der Waals surface area contributed by atoms with Crippen LogP contribution in [0.4, 0.5) is 4.39 Å². The van der Waals surface area contributed by atoms with Gasteiger partial charge in [0.2, 0.25) is 0 Å². The van der Waals surface area contributed by atoms with E-state index in [0.29, 0.717) is 17.2 Å². The second kappa shape index (κ2) is 6.18. The predicted molar refractivity (Wildman–Crippen MR) is 79.6 cm³/mol. The molecule has 0 unspecified atom stereocenters. The molecule has 0 saturated heterocycles. The van der Waals surface area contributed by atoms with E-state index in [-0.39, 0.29) is 5.82 Å². The van der Waals surface area contributed by atoms with Crippen molar-refractivity contribution in [2.24, 2.45) is 0 Å². The lowest BCUT2D eigenvalue weighted by Crippen LogP contribution is -2.09. The normalized spacial score (nSPS) is 10.7. The predicted octanol–water partition coefficient (Wildman–Crippen LogP) is 4.93. The molecule has 0 aliphatic heterocycles. The molecule has 0 saturated carbocycles. The fraction of sp³-hybridized carbons (Fsp3) is 0.188. The van der Waals surface area contributed by atoms with Gasteiger partial charge in [0.05, 0.1) is 10.0 Å². The van der Waals surface area contributed by atoms with Crippen LogP contribution < -0.4 is 4.74 Å². The summed E-state index contributed by atoms with van der Waals surface area (Å²) < 4.78 is 18.8. The van der Waals surface area contributed by atoms with Crippen molar-refractivity contribution in [1.29, 1.82) is 0 Å². The molecule has 0 aliphatic carbocycles. The van der Waals surface area contributed by atoms with E-state index in [4.69, 9.17) is 4.74 Å². The Morgan fingerprint density at radius 2 is 1.80 bits per heavy atom. The Morgan fingerprint density at radius 3 is 2.35 bits per heavy atom. The maximum absolute atomic E-state index is 12.8. The molecule has 2 aromatic carbocycles. The third-order valence-electron chi connectivity index (χ3n) is 2.91. The summed E-state index contributed by atoms with van der Waals surface area (Å²) in [4.78, 5) is 11.9. The molecule has 0 spiro atoms. The van der Waals surface area contributed by atoms with E-state index < -0.39 is 5.97 Å². The standard InChI is InChI=1S/C16H14BrFO2/c1-10(2)12-5-8-15(14(17)9-12)20-16(19)11-3-6-13(18)7-4-11/h3-10H,1-2H3. The van der Waals surface area contributed by atoms with Gasteiger partial charge in [0.25, 0.3) is 0 Å². The van der Waals surface area contributed by atoms with E-state index >= 15 is 0 Å². The molecule has 0 atom stereocenters. The first-order valence-electron chi connectivity index (χ1n) is 6.24. The van der Waals surface area contributed by atoms with Crippen LogP contribution >= 0.6 is 15.9 Å². The maximum Gasteiger partial charge on any atom is 0.343 e. The molecule has 4 heteroatoms. The number of halogens is 2. The molecule has 2 aromatic rings. The summed E-state index contributed by atoms with van der Waals surface area (Å²) in [5.41, 5.74) is 1.46. The summed E-state index contributed by atoms with van der Waals surface area (Å²) in [5.74, 6) is -0.0520. The molecular weight excluding hydrogens is 323 g/mol. The minimum absolute atomic E-state index is 0.311. The first-order chi connectivity index (χ1) is 9.47. The number of rotatable bonds is 3. The first-order valence-corrected chi connectivity index (χ1v) is 7.04. The summed E-state index contributed by atoms with van der Waals surface area (Å²) in [5, 5.41) is 0. The second-order valence-electron chi connectivity index (χ2n) is 4.74. The smallest absolute Gasteiger partial charge is 0.343 e. The maximum atomic E-state index is 12.8. The summed E-state index contributed by atoms with van der Waals surface area (Å²) in [6, 6.07) is 10.9. The second-order valence-corrected chi connectivity index (χ2v) is 5.60. The van der Waals surface area contributed by atoms with Crippen molar-refractivity contribution in [2.45, 2.75) is 19.8 Å². The fourth-order valence-corrected chi connectivity index (χ4v) is 2.18. The SMILES string of the molecule is CC(C)c1ccc(OC(=O)c2ccc(F)cc2)c(Br)c1. The van der Waals surface area contributed by atoms with Crippen LogP contribution in [0.25, 0.3) is 0 Å². The lowest BCUT2D eigenvalue weighted by atomic mass is 10.0. The number of ether oxygens (including phenoxy) is 1. The summed E-state index contributed by atoms with van der Waals surface area (Å²) >= 11 is 3.39. The minimum Gasteiger partial charge on any atom is -0.422 e. The molecule has 2 nitrogen and oxygen atoms in total. The Bertz CT molecular complexity index is 621. The largest absolute Gasteiger partial charge is 0.422 e. The number of carbonyl (C=O) groups is 1. The Balaban J connectivity index is 2.17. The van der Waals surface area contributed by atoms with E-state index in [1.54, 1.807) is 6.07 Å². The molecule has 0 fully saturated rings. The molecule has 0 amide bonds. The van der Waals surface area contributed by atoms with Gasteiger partial charge in [-0.15, -0.1) is 0 Å². The van der Waals surface area contributed by atoms with Crippen molar-refractivity contribution >= 4 is 21.9 Å². The van der Waals surface area contributed by atoms with Crippen LogP contribution in [-0.2, 0) is 0 Å². The van der Waals surface area contributed by atoms with E-state index in [9.17, 15) is 9.18 Å². The number of esters is 1. The van der Waals surface area contributed by atoms with Crippen molar-refractivity contribution in [3.8, 4) is 5.75 Å². The molecule has 2 rings (SSSR count). The van der Waals surface area contributed by atoms with Crippen LogP contribution in [0.3, 0.4) is 0 Å². The topological polar surface area (TPSA) is 26.3 Å². The summed E-state index contributed by atoms with van der Waals surface area (Å²) in [6.45, 7) is 4.18. The number of carbonyl (C=O) groups excluding carboxylic acids is 1. The highest BCUT2D eigenvalue weighted by atomic mass is 79.9. The van der Waals surface area contributed by atoms with Crippen LogP contribution in [0.2, 0.25) is 0 Å². The van der Waals surface area contributed by atoms with Crippen molar-refractivity contribution in [2.75, 3.05) is 0 Å². The zero-order valence-electron chi connectivity index (χ0n) is 11.2. The van der Waals surface area contributed by atoms with Gasteiger partial charge in [0, 0.05) is 0 Å². The van der Waals surface area contributed by atoms with Crippen molar-refractivity contribution in [1.82, 2.24) is 0 Å².